The molecule has 0 amide bonds. The van der Waals surface area contributed by atoms with Crippen LogP contribution in [0, 0.1) is 11.3 Å². The highest BCUT2D eigenvalue weighted by Gasteiger charge is 2.45. The third-order valence-corrected chi connectivity index (χ3v) is 4.90. The molecule has 0 radical (unpaired) electrons. The van der Waals surface area contributed by atoms with E-state index in [9.17, 15) is 5.26 Å². The molecule has 4 rings (SSSR count). The number of rotatable bonds is 2. The maximum Gasteiger partial charge on any atom is 0.112 e. The fourth-order valence-corrected chi connectivity index (χ4v) is 3.13. The third kappa shape index (κ3) is 1.46. The first-order chi connectivity index (χ1) is 9.23. The van der Waals surface area contributed by atoms with Gasteiger partial charge in [-0.05, 0) is 43.4 Å². The molecule has 0 spiro atoms. The van der Waals surface area contributed by atoms with Gasteiger partial charge in [-0.3, -0.25) is 0 Å². The van der Waals surface area contributed by atoms with E-state index in [0.717, 1.165) is 18.4 Å². The van der Waals surface area contributed by atoms with Gasteiger partial charge in [0.05, 0.1) is 22.5 Å². The van der Waals surface area contributed by atoms with Gasteiger partial charge >= 0.3 is 0 Å². The Morgan fingerprint density at radius 1 is 1.37 bits per heavy atom. The molecule has 1 heterocycles. The van der Waals surface area contributed by atoms with Crippen molar-refractivity contribution in [1.29, 1.82) is 5.26 Å². The molecule has 0 N–H and O–H groups in total. The molecule has 0 saturated heterocycles. The second-order valence-corrected chi connectivity index (χ2v) is 6.05. The highest BCUT2D eigenvalue weighted by atomic mass is 15.1. The number of aromatic nitrogens is 2. The normalized spacial score (nSPS) is 21.1. The van der Waals surface area contributed by atoms with Gasteiger partial charge in [0.1, 0.15) is 5.82 Å². The summed E-state index contributed by atoms with van der Waals surface area (Å²) >= 11 is 0. The Hall–Kier alpha value is -1.82. The summed E-state index contributed by atoms with van der Waals surface area (Å²) in [6, 6.07) is 8.84. The molecule has 3 nitrogen and oxygen atoms in total. The largest absolute Gasteiger partial charge is 0.331 e. The lowest BCUT2D eigenvalue weighted by Crippen LogP contribution is -2.13. The van der Waals surface area contributed by atoms with Gasteiger partial charge in [-0.25, -0.2) is 4.98 Å². The molecule has 2 aromatic rings. The van der Waals surface area contributed by atoms with Crippen molar-refractivity contribution >= 4 is 11.0 Å². The van der Waals surface area contributed by atoms with Crippen LogP contribution in [0.25, 0.3) is 11.0 Å². The Morgan fingerprint density at radius 2 is 2.16 bits per heavy atom. The molecule has 19 heavy (non-hydrogen) atoms. The summed E-state index contributed by atoms with van der Waals surface area (Å²) in [5.41, 5.74) is 3.23. The Balaban J connectivity index is 1.85. The van der Waals surface area contributed by atoms with Crippen LogP contribution in [0.3, 0.4) is 0 Å². The summed E-state index contributed by atoms with van der Waals surface area (Å²) in [5, 5.41) is 9.32. The number of aryl methyl sites for hydroxylation is 1. The second kappa shape index (κ2) is 3.60. The third-order valence-electron chi connectivity index (χ3n) is 4.90. The standard InChI is InChI=1S/C16H17N3/c1-19-14-9-12(16(10-17)7-8-16)5-6-13(14)18-15(19)11-3-2-4-11/h5-6,9,11H,2-4,7-8H2,1H3. The van der Waals surface area contributed by atoms with E-state index < -0.39 is 0 Å². The van der Waals surface area contributed by atoms with Gasteiger partial charge in [0.15, 0.2) is 0 Å². The van der Waals surface area contributed by atoms with Gasteiger partial charge in [0.25, 0.3) is 0 Å². The number of nitrogens with zero attached hydrogens (tertiary/aromatic N) is 3. The minimum atomic E-state index is -0.199. The molecule has 2 aliphatic rings. The van der Waals surface area contributed by atoms with E-state index in [0.29, 0.717) is 5.92 Å². The van der Waals surface area contributed by atoms with E-state index in [1.54, 1.807) is 0 Å². The van der Waals surface area contributed by atoms with Crippen molar-refractivity contribution in [3.05, 3.63) is 29.6 Å². The molecule has 0 atom stereocenters. The number of nitriles is 1. The molecule has 1 aromatic carbocycles. The van der Waals surface area contributed by atoms with E-state index in [2.05, 4.69) is 35.9 Å². The fourth-order valence-electron chi connectivity index (χ4n) is 3.13. The van der Waals surface area contributed by atoms with Gasteiger partial charge in [-0.2, -0.15) is 5.26 Å². The number of benzene rings is 1. The number of fused-ring (bicyclic) bond motifs is 1. The van der Waals surface area contributed by atoms with Crippen LogP contribution in [0.2, 0.25) is 0 Å². The predicted octanol–water partition coefficient (Wildman–Crippen LogP) is 3.40. The first kappa shape index (κ1) is 11.0. The van der Waals surface area contributed by atoms with Crippen molar-refractivity contribution in [3.8, 4) is 6.07 Å². The lowest BCUT2D eigenvalue weighted by molar-refractivity contribution is 0.394. The van der Waals surface area contributed by atoms with Crippen molar-refractivity contribution in [3.63, 3.8) is 0 Å². The summed E-state index contributed by atoms with van der Waals surface area (Å²) in [5.74, 6) is 1.87. The second-order valence-electron chi connectivity index (χ2n) is 6.05. The zero-order valence-electron chi connectivity index (χ0n) is 11.2. The van der Waals surface area contributed by atoms with Crippen LogP contribution in [0.5, 0.6) is 0 Å². The highest BCUT2D eigenvalue weighted by molar-refractivity contribution is 5.78. The summed E-state index contributed by atoms with van der Waals surface area (Å²) in [7, 11) is 2.11. The van der Waals surface area contributed by atoms with Crippen LogP contribution in [0.4, 0.5) is 0 Å². The Labute approximate surface area is 112 Å². The Bertz CT molecular complexity index is 697. The van der Waals surface area contributed by atoms with E-state index in [-0.39, 0.29) is 5.41 Å². The minimum absolute atomic E-state index is 0.199. The van der Waals surface area contributed by atoms with Gasteiger partial charge in [0, 0.05) is 13.0 Å². The van der Waals surface area contributed by atoms with Gasteiger partial charge in [-0.1, -0.05) is 12.5 Å². The van der Waals surface area contributed by atoms with Crippen molar-refractivity contribution in [1.82, 2.24) is 9.55 Å². The topological polar surface area (TPSA) is 41.6 Å². The lowest BCUT2D eigenvalue weighted by Gasteiger charge is -2.24. The van der Waals surface area contributed by atoms with Crippen molar-refractivity contribution in [2.45, 2.75) is 43.4 Å². The van der Waals surface area contributed by atoms with Gasteiger partial charge in [-0.15, -0.1) is 0 Å². The number of hydrogen-bond acceptors (Lipinski definition) is 2. The van der Waals surface area contributed by atoms with Crippen LogP contribution >= 0.6 is 0 Å². The summed E-state index contributed by atoms with van der Waals surface area (Å²) in [4.78, 5) is 4.78. The molecular formula is C16H17N3. The maximum atomic E-state index is 9.32. The zero-order valence-corrected chi connectivity index (χ0v) is 11.2. The van der Waals surface area contributed by atoms with Crippen LogP contribution in [0.1, 0.15) is 49.4 Å². The average Bonchev–Trinajstić information content (AvgIpc) is 3.11. The molecule has 0 aliphatic heterocycles. The highest BCUT2D eigenvalue weighted by Crippen LogP contribution is 2.48. The molecular weight excluding hydrogens is 234 g/mol. The maximum absolute atomic E-state index is 9.32. The predicted molar refractivity (Wildman–Crippen MR) is 73.8 cm³/mol. The molecule has 1 aromatic heterocycles. The van der Waals surface area contributed by atoms with E-state index in [1.807, 2.05) is 0 Å². The molecule has 3 heteroatoms. The van der Waals surface area contributed by atoms with Gasteiger partial charge < -0.3 is 4.57 Å². The summed E-state index contributed by atoms with van der Waals surface area (Å²) in [6.45, 7) is 0. The monoisotopic (exact) mass is 251 g/mol. The molecule has 2 aliphatic carbocycles. The number of imidazole rings is 1. The van der Waals surface area contributed by atoms with Gasteiger partial charge in [0.2, 0.25) is 0 Å². The Kier molecular flexibility index (Phi) is 2.09. The average molecular weight is 251 g/mol. The van der Waals surface area contributed by atoms with Crippen molar-refractivity contribution < 1.29 is 0 Å². The minimum Gasteiger partial charge on any atom is -0.331 e. The molecule has 0 bridgehead atoms. The van der Waals surface area contributed by atoms with Crippen molar-refractivity contribution in [2.75, 3.05) is 0 Å². The van der Waals surface area contributed by atoms with Crippen LogP contribution in [-0.4, -0.2) is 9.55 Å². The van der Waals surface area contributed by atoms with Crippen LogP contribution < -0.4 is 0 Å². The number of hydrogen-bond donors (Lipinski definition) is 0. The molecule has 2 saturated carbocycles. The van der Waals surface area contributed by atoms with E-state index in [1.165, 1.54) is 36.2 Å². The quantitative estimate of drug-likeness (QED) is 0.821. The van der Waals surface area contributed by atoms with E-state index in [4.69, 9.17) is 4.98 Å². The summed E-state index contributed by atoms with van der Waals surface area (Å²) < 4.78 is 2.23. The first-order valence-corrected chi connectivity index (χ1v) is 7.12. The Morgan fingerprint density at radius 3 is 2.74 bits per heavy atom. The molecule has 0 unspecified atom stereocenters. The SMILES string of the molecule is Cn1c(C2CCC2)nc2ccc(C3(C#N)CC3)cc21. The first-order valence-electron chi connectivity index (χ1n) is 7.12. The zero-order chi connectivity index (χ0) is 13.0. The fraction of sp³-hybridized carbons (Fsp3) is 0.500. The summed E-state index contributed by atoms with van der Waals surface area (Å²) in [6.07, 6.45) is 5.87. The molecule has 2 fully saturated rings. The smallest absolute Gasteiger partial charge is 0.112 e. The van der Waals surface area contributed by atoms with Crippen LogP contribution in [-0.2, 0) is 12.5 Å². The lowest BCUT2D eigenvalue weighted by atomic mass is 9.85. The molecule has 96 valence electrons. The van der Waals surface area contributed by atoms with Crippen molar-refractivity contribution in [2.24, 2.45) is 7.05 Å². The van der Waals surface area contributed by atoms with Crippen LogP contribution in [0.15, 0.2) is 18.2 Å². The van der Waals surface area contributed by atoms with E-state index >= 15 is 0 Å².